The van der Waals surface area contributed by atoms with Crippen LogP contribution in [0.15, 0.2) is 30.3 Å². The van der Waals surface area contributed by atoms with E-state index < -0.39 is 11.5 Å². The molecule has 0 aliphatic carbocycles. The molecule has 0 bridgehead atoms. The number of hydrogen-bond donors (Lipinski definition) is 2. The van der Waals surface area contributed by atoms with E-state index in [2.05, 4.69) is 19.2 Å². The number of nitrogens with one attached hydrogen (secondary N) is 1. The second-order valence-corrected chi connectivity index (χ2v) is 6.09. The third-order valence-corrected chi connectivity index (χ3v) is 3.24. The quantitative estimate of drug-likeness (QED) is 0.687. The average Bonchev–Trinajstić information content (AvgIpc) is 2.42. The van der Waals surface area contributed by atoms with Crippen LogP contribution in [0.25, 0.3) is 0 Å². The summed E-state index contributed by atoms with van der Waals surface area (Å²) < 4.78 is 5.60. The molecule has 0 fully saturated rings. The van der Waals surface area contributed by atoms with Crippen molar-refractivity contribution in [1.29, 1.82) is 0 Å². The van der Waals surface area contributed by atoms with E-state index in [0.29, 0.717) is 25.6 Å². The van der Waals surface area contributed by atoms with Gasteiger partial charge in [0, 0.05) is 25.7 Å². The molecule has 0 saturated carbocycles. The zero-order chi connectivity index (χ0) is 15.9. The van der Waals surface area contributed by atoms with E-state index in [9.17, 15) is 9.90 Å². The fraction of sp³-hybridized carbons (Fsp3) is 0.588. The molecule has 1 unspecified atom stereocenters. The molecular weight excluding hydrogens is 266 g/mol. The Morgan fingerprint density at radius 1 is 1.24 bits per heavy atom. The van der Waals surface area contributed by atoms with Crippen LogP contribution in [0.2, 0.25) is 0 Å². The Bertz CT molecular complexity index is 431. The summed E-state index contributed by atoms with van der Waals surface area (Å²) in [6.45, 7) is 9.12. The predicted octanol–water partition coefficient (Wildman–Crippen LogP) is 3.03. The minimum atomic E-state index is -1.10. The third kappa shape index (κ3) is 5.14. The monoisotopic (exact) mass is 293 g/mol. The first kappa shape index (κ1) is 17.7. The van der Waals surface area contributed by atoms with Gasteiger partial charge in [0.25, 0.3) is 0 Å². The Hall–Kier alpha value is -1.39. The Kier molecular flexibility index (Phi) is 6.85. The zero-order valence-corrected chi connectivity index (χ0v) is 13.4. The van der Waals surface area contributed by atoms with Gasteiger partial charge in [0.05, 0.1) is 0 Å². The molecule has 0 saturated heterocycles. The summed E-state index contributed by atoms with van der Waals surface area (Å²) >= 11 is 0. The van der Waals surface area contributed by atoms with Crippen molar-refractivity contribution in [1.82, 2.24) is 5.32 Å². The van der Waals surface area contributed by atoms with Crippen molar-refractivity contribution in [2.45, 2.75) is 45.7 Å². The molecule has 118 valence electrons. The Morgan fingerprint density at radius 3 is 2.33 bits per heavy atom. The van der Waals surface area contributed by atoms with Crippen molar-refractivity contribution in [3.05, 3.63) is 35.9 Å². The lowest BCUT2D eigenvalue weighted by Crippen LogP contribution is -2.52. The molecule has 4 nitrogen and oxygen atoms in total. The molecule has 0 amide bonds. The van der Waals surface area contributed by atoms with Crippen LogP contribution in [-0.2, 0) is 15.1 Å². The molecule has 1 rings (SSSR count). The highest BCUT2D eigenvalue weighted by molar-refractivity contribution is 5.80. The minimum Gasteiger partial charge on any atom is -0.480 e. The number of aliphatic carboxylic acids is 1. The van der Waals surface area contributed by atoms with Gasteiger partial charge in [-0.05, 0) is 25.3 Å². The molecule has 0 heterocycles. The van der Waals surface area contributed by atoms with Gasteiger partial charge in [0.2, 0.25) is 0 Å². The lowest BCUT2D eigenvalue weighted by atomic mass is 9.86. The molecule has 0 aliphatic heterocycles. The number of benzene rings is 1. The van der Waals surface area contributed by atoms with Gasteiger partial charge in [-0.15, -0.1) is 0 Å². The largest absolute Gasteiger partial charge is 0.480 e. The van der Waals surface area contributed by atoms with E-state index >= 15 is 0 Å². The zero-order valence-electron chi connectivity index (χ0n) is 13.4. The maximum absolute atomic E-state index is 12.0. The van der Waals surface area contributed by atoms with Gasteiger partial charge in [-0.25, -0.2) is 4.79 Å². The van der Waals surface area contributed by atoms with E-state index in [0.717, 1.165) is 5.56 Å². The summed E-state index contributed by atoms with van der Waals surface area (Å²) in [7, 11) is 0. The first-order valence-corrected chi connectivity index (χ1v) is 7.53. The molecule has 4 heteroatoms. The summed E-state index contributed by atoms with van der Waals surface area (Å²) in [5.74, 6) is -0.422. The molecule has 1 aromatic carbocycles. The lowest BCUT2D eigenvalue weighted by Gasteiger charge is -2.33. The molecular formula is C17H27NO3. The average molecular weight is 293 g/mol. The van der Waals surface area contributed by atoms with Crippen molar-refractivity contribution in [2.75, 3.05) is 13.2 Å². The van der Waals surface area contributed by atoms with Gasteiger partial charge < -0.3 is 9.84 Å². The molecule has 0 spiro atoms. The number of ether oxygens (including phenoxy) is 1. The normalized spacial score (nSPS) is 14.4. The van der Waals surface area contributed by atoms with Gasteiger partial charge in [0.1, 0.15) is 5.54 Å². The molecule has 1 atom stereocenters. The fourth-order valence-corrected chi connectivity index (χ4v) is 2.35. The highest BCUT2D eigenvalue weighted by Gasteiger charge is 2.40. The van der Waals surface area contributed by atoms with Gasteiger partial charge in [0.15, 0.2) is 0 Å². The Morgan fingerprint density at radius 2 is 1.86 bits per heavy atom. The van der Waals surface area contributed by atoms with E-state index in [-0.39, 0.29) is 6.04 Å². The van der Waals surface area contributed by atoms with Crippen LogP contribution >= 0.6 is 0 Å². The summed E-state index contributed by atoms with van der Waals surface area (Å²) in [5, 5.41) is 13.0. The van der Waals surface area contributed by atoms with Crippen LogP contribution in [0.1, 0.15) is 39.7 Å². The Balaban J connectivity index is 2.94. The van der Waals surface area contributed by atoms with Crippen molar-refractivity contribution < 1.29 is 14.6 Å². The predicted molar refractivity (Wildman–Crippen MR) is 84.3 cm³/mol. The summed E-state index contributed by atoms with van der Waals surface area (Å²) in [6.07, 6.45) is 0.400. The summed E-state index contributed by atoms with van der Waals surface area (Å²) in [6, 6.07) is 9.39. The minimum absolute atomic E-state index is 0.0615. The number of carboxylic acids is 1. The lowest BCUT2D eigenvalue weighted by molar-refractivity contribution is -0.147. The molecule has 21 heavy (non-hydrogen) atoms. The first-order valence-electron chi connectivity index (χ1n) is 7.53. The van der Waals surface area contributed by atoms with Crippen LogP contribution in [0, 0.1) is 5.92 Å². The van der Waals surface area contributed by atoms with Gasteiger partial charge in [-0.1, -0.05) is 44.2 Å². The molecule has 1 aromatic rings. The third-order valence-electron chi connectivity index (χ3n) is 3.24. The standard InChI is InChI=1S/C17H27NO3/c1-13(2)12-21-11-10-17(16(19)20,18-14(3)4)15-8-6-5-7-9-15/h5-9,13-14,18H,10-12H2,1-4H3,(H,19,20). The topological polar surface area (TPSA) is 58.6 Å². The van der Waals surface area contributed by atoms with E-state index in [1.807, 2.05) is 44.2 Å². The second-order valence-electron chi connectivity index (χ2n) is 6.09. The van der Waals surface area contributed by atoms with Crippen LogP contribution in [0.4, 0.5) is 0 Å². The number of carboxylic acid groups (broad SMARTS) is 1. The highest BCUT2D eigenvalue weighted by atomic mass is 16.5. The second kappa shape index (κ2) is 8.15. The summed E-state index contributed by atoms with van der Waals surface area (Å²) in [4.78, 5) is 12.0. The maximum Gasteiger partial charge on any atom is 0.328 e. The molecule has 0 radical (unpaired) electrons. The first-order chi connectivity index (χ1) is 9.88. The molecule has 0 aromatic heterocycles. The van der Waals surface area contributed by atoms with Crippen molar-refractivity contribution >= 4 is 5.97 Å². The van der Waals surface area contributed by atoms with E-state index in [1.165, 1.54) is 0 Å². The van der Waals surface area contributed by atoms with E-state index in [4.69, 9.17) is 4.74 Å². The SMILES string of the molecule is CC(C)COCCC(NC(C)C)(C(=O)O)c1ccccc1. The van der Waals surface area contributed by atoms with Crippen molar-refractivity contribution in [3.63, 3.8) is 0 Å². The molecule has 2 N–H and O–H groups in total. The van der Waals surface area contributed by atoms with Gasteiger partial charge in [-0.2, -0.15) is 0 Å². The van der Waals surface area contributed by atoms with Crippen LogP contribution in [0.3, 0.4) is 0 Å². The van der Waals surface area contributed by atoms with E-state index in [1.54, 1.807) is 0 Å². The van der Waals surface area contributed by atoms with Gasteiger partial charge in [-0.3, -0.25) is 5.32 Å². The smallest absolute Gasteiger partial charge is 0.328 e. The van der Waals surface area contributed by atoms with Crippen molar-refractivity contribution in [3.8, 4) is 0 Å². The van der Waals surface area contributed by atoms with Crippen LogP contribution in [0.5, 0.6) is 0 Å². The maximum atomic E-state index is 12.0. The van der Waals surface area contributed by atoms with Crippen LogP contribution < -0.4 is 5.32 Å². The number of rotatable bonds is 9. The molecule has 0 aliphatic rings. The van der Waals surface area contributed by atoms with Crippen molar-refractivity contribution in [2.24, 2.45) is 5.92 Å². The van der Waals surface area contributed by atoms with Crippen LogP contribution in [-0.4, -0.2) is 30.3 Å². The highest BCUT2D eigenvalue weighted by Crippen LogP contribution is 2.26. The number of hydrogen-bond acceptors (Lipinski definition) is 3. The Labute approximate surface area is 127 Å². The van der Waals surface area contributed by atoms with Gasteiger partial charge >= 0.3 is 5.97 Å². The summed E-state index contributed by atoms with van der Waals surface area (Å²) in [5.41, 5.74) is -0.341. The fourth-order valence-electron chi connectivity index (χ4n) is 2.35. The number of carbonyl (C=O) groups is 1.